The Balaban J connectivity index is 2.53. The van der Waals surface area contributed by atoms with Crippen molar-refractivity contribution in [3.8, 4) is 0 Å². The Morgan fingerprint density at radius 2 is 2.00 bits per heavy atom. The van der Waals surface area contributed by atoms with E-state index in [1.54, 1.807) is 6.20 Å². The topological polar surface area (TPSA) is 37.8 Å². The van der Waals surface area contributed by atoms with Crippen molar-refractivity contribution in [1.82, 2.24) is 10.2 Å². The summed E-state index contributed by atoms with van der Waals surface area (Å²) in [6, 6.07) is 8.40. The number of rotatable bonds is 2. The van der Waals surface area contributed by atoms with E-state index in [-0.39, 0.29) is 0 Å². The van der Waals surface area contributed by atoms with Gasteiger partial charge in [0.25, 0.3) is 0 Å². The first-order valence-corrected chi connectivity index (χ1v) is 4.74. The average molecular weight is 187 g/mol. The summed E-state index contributed by atoms with van der Waals surface area (Å²) in [5.74, 6) is 0. The molecule has 0 fully saturated rings. The molecule has 0 radical (unpaired) electrons. The molecular formula is C11H13N3. The lowest BCUT2D eigenvalue weighted by molar-refractivity contribution is 0.897. The fourth-order valence-electron chi connectivity index (χ4n) is 1.43. The van der Waals surface area contributed by atoms with Crippen molar-refractivity contribution in [2.24, 2.45) is 0 Å². The standard InChI is InChI=1S/C11H13N3/c1-8(2)13-11-7-12-14-10-6-4-3-5-9(10)11/h3-8H,1-2H3,(H,13,14). The third-order valence-electron chi connectivity index (χ3n) is 1.99. The predicted molar refractivity (Wildman–Crippen MR) is 58.3 cm³/mol. The van der Waals surface area contributed by atoms with E-state index in [9.17, 15) is 0 Å². The molecule has 0 atom stereocenters. The molecule has 1 heterocycles. The summed E-state index contributed by atoms with van der Waals surface area (Å²) < 4.78 is 0. The number of aromatic nitrogens is 2. The number of nitrogens with one attached hydrogen (secondary N) is 1. The number of nitrogens with zero attached hydrogens (tertiary/aromatic N) is 2. The van der Waals surface area contributed by atoms with Crippen LogP contribution in [0.25, 0.3) is 10.9 Å². The van der Waals surface area contributed by atoms with Crippen LogP contribution >= 0.6 is 0 Å². The SMILES string of the molecule is CC(C)Nc1cnnc2ccccc12. The van der Waals surface area contributed by atoms with Crippen LogP contribution in [-0.2, 0) is 0 Å². The molecule has 1 N–H and O–H groups in total. The first kappa shape index (κ1) is 8.94. The smallest absolute Gasteiger partial charge is 0.0950 e. The van der Waals surface area contributed by atoms with Crippen molar-refractivity contribution in [3.63, 3.8) is 0 Å². The maximum Gasteiger partial charge on any atom is 0.0950 e. The molecule has 0 saturated heterocycles. The van der Waals surface area contributed by atoms with Crippen LogP contribution < -0.4 is 5.32 Å². The number of fused-ring (bicyclic) bond motifs is 1. The molecule has 0 amide bonds. The highest BCUT2D eigenvalue weighted by atomic mass is 15.1. The molecule has 0 bridgehead atoms. The van der Waals surface area contributed by atoms with E-state index in [1.807, 2.05) is 18.2 Å². The van der Waals surface area contributed by atoms with Crippen molar-refractivity contribution >= 4 is 16.6 Å². The molecule has 0 aliphatic heterocycles. The molecule has 1 aromatic carbocycles. The molecule has 0 saturated carbocycles. The van der Waals surface area contributed by atoms with Crippen LogP contribution in [-0.4, -0.2) is 16.2 Å². The molecule has 0 spiro atoms. The molecule has 2 aromatic rings. The van der Waals surface area contributed by atoms with Gasteiger partial charge >= 0.3 is 0 Å². The van der Waals surface area contributed by atoms with Gasteiger partial charge in [0, 0.05) is 11.4 Å². The van der Waals surface area contributed by atoms with E-state index in [4.69, 9.17) is 0 Å². The average Bonchev–Trinajstić information content (AvgIpc) is 2.18. The molecule has 2 rings (SSSR count). The lowest BCUT2D eigenvalue weighted by Crippen LogP contribution is -2.10. The Morgan fingerprint density at radius 1 is 1.21 bits per heavy atom. The number of hydrogen-bond acceptors (Lipinski definition) is 3. The first-order valence-electron chi connectivity index (χ1n) is 4.74. The maximum absolute atomic E-state index is 4.06. The van der Waals surface area contributed by atoms with Gasteiger partial charge in [-0.1, -0.05) is 18.2 Å². The molecule has 72 valence electrons. The second kappa shape index (κ2) is 3.62. The summed E-state index contributed by atoms with van der Waals surface area (Å²) in [7, 11) is 0. The molecule has 3 nitrogen and oxygen atoms in total. The Bertz CT molecular complexity index is 432. The van der Waals surface area contributed by atoms with Gasteiger partial charge in [0.1, 0.15) is 0 Å². The van der Waals surface area contributed by atoms with Crippen LogP contribution in [0.15, 0.2) is 30.5 Å². The fraction of sp³-hybridized carbons (Fsp3) is 0.273. The van der Waals surface area contributed by atoms with Crippen LogP contribution in [0.2, 0.25) is 0 Å². The predicted octanol–water partition coefficient (Wildman–Crippen LogP) is 2.45. The largest absolute Gasteiger partial charge is 0.381 e. The van der Waals surface area contributed by atoms with Crippen molar-refractivity contribution in [2.45, 2.75) is 19.9 Å². The highest BCUT2D eigenvalue weighted by Crippen LogP contribution is 2.20. The van der Waals surface area contributed by atoms with Crippen LogP contribution in [0.3, 0.4) is 0 Å². The third-order valence-corrected chi connectivity index (χ3v) is 1.99. The van der Waals surface area contributed by atoms with Gasteiger partial charge in [-0.2, -0.15) is 10.2 Å². The number of hydrogen-bond donors (Lipinski definition) is 1. The summed E-state index contributed by atoms with van der Waals surface area (Å²) in [6.07, 6.45) is 1.77. The second-order valence-electron chi connectivity index (χ2n) is 3.57. The van der Waals surface area contributed by atoms with Gasteiger partial charge < -0.3 is 5.32 Å². The van der Waals surface area contributed by atoms with Gasteiger partial charge in [-0.25, -0.2) is 0 Å². The van der Waals surface area contributed by atoms with Gasteiger partial charge in [-0.05, 0) is 19.9 Å². The quantitative estimate of drug-likeness (QED) is 0.784. The van der Waals surface area contributed by atoms with E-state index >= 15 is 0 Å². The van der Waals surface area contributed by atoms with E-state index in [0.717, 1.165) is 16.6 Å². The summed E-state index contributed by atoms with van der Waals surface area (Å²) in [6.45, 7) is 4.21. The Labute approximate surface area is 83.2 Å². The van der Waals surface area contributed by atoms with Crippen LogP contribution in [0.5, 0.6) is 0 Å². The van der Waals surface area contributed by atoms with Crippen LogP contribution in [0.1, 0.15) is 13.8 Å². The van der Waals surface area contributed by atoms with E-state index in [2.05, 4.69) is 35.4 Å². The minimum absolute atomic E-state index is 0.405. The Morgan fingerprint density at radius 3 is 2.79 bits per heavy atom. The van der Waals surface area contributed by atoms with E-state index in [0.29, 0.717) is 6.04 Å². The monoisotopic (exact) mass is 187 g/mol. The maximum atomic E-state index is 4.06. The van der Waals surface area contributed by atoms with Crippen molar-refractivity contribution in [2.75, 3.05) is 5.32 Å². The molecule has 0 aliphatic carbocycles. The molecule has 0 unspecified atom stereocenters. The van der Waals surface area contributed by atoms with Crippen molar-refractivity contribution in [1.29, 1.82) is 0 Å². The minimum atomic E-state index is 0.405. The zero-order chi connectivity index (χ0) is 9.97. The van der Waals surface area contributed by atoms with Crippen molar-refractivity contribution < 1.29 is 0 Å². The Kier molecular flexibility index (Phi) is 2.31. The number of anilines is 1. The molecular weight excluding hydrogens is 174 g/mol. The van der Waals surface area contributed by atoms with Crippen LogP contribution in [0.4, 0.5) is 5.69 Å². The minimum Gasteiger partial charge on any atom is -0.381 e. The zero-order valence-electron chi connectivity index (χ0n) is 8.36. The van der Waals surface area contributed by atoms with Gasteiger partial charge in [-0.15, -0.1) is 0 Å². The molecule has 0 aliphatic rings. The summed E-state index contributed by atoms with van der Waals surface area (Å²) in [4.78, 5) is 0. The molecule has 1 aromatic heterocycles. The highest BCUT2D eigenvalue weighted by molar-refractivity contribution is 5.90. The fourth-order valence-corrected chi connectivity index (χ4v) is 1.43. The third kappa shape index (κ3) is 1.66. The summed E-state index contributed by atoms with van der Waals surface area (Å²) in [5.41, 5.74) is 1.98. The normalized spacial score (nSPS) is 10.8. The van der Waals surface area contributed by atoms with Gasteiger partial charge in [0.15, 0.2) is 0 Å². The molecule has 3 heteroatoms. The highest BCUT2D eigenvalue weighted by Gasteiger charge is 2.02. The van der Waals surface area contributed by atoms with Gasteiger partial charge in [0.05, 0.1) is 17.4 Å². The number of benzene rings is 1. The Hall–Kier alpha value is -1.64. The van der Waals surface area contributed by atoms with Gasteiger partial charge in [-0.3, -0.25) is 0 Å². The summed E-state index contributed by atoms with van der Waals surface area (Å²) in [5, 5.41) is 12.5. The van der Waals surface area contributed by atoms with Crippen molar-refractivity contribution in [3.05, 3.63) is 30.5 Å². The lowest BCUT2D eigenvalue weighted by atomic mass is 10.2. The van der Waals surface area contributed by atoms with E-state index in [1.165, 1.54) is 0 Å². The summed E-state index contributed by atoms with van der Waals surface area (Å²) >= 11 is 0. The van der Waals surface area contributed by atoms with E-state index < -0.39 is 0 Å². The second-order valence-corrected chi connectivity index (χ2v) is 3.57. The first-order chi connectivity index (χ1) is 6.77. The molecule has 14 heavy (non-hydrogen) atoms. The zero-order valence-corrected chi connectivity index (χ0v) is 8.36. The lowest BCUT2D eigenvalue weighted by Gasteiger charge is -2.10. The van der Waals surface area contributed by atoms with Crippen LogP contribution in [0, 0.1) is 0 Å². The van der Waals surface area contributed by atoms with Gasteiger partial charge in [0.2, 0.25) is 0 Å².